The molecule has 33 heavy (non-hydrogen) atoms. The monoisotopic (exact) mass is 481 g/mol. The lowest BCUT2D eigenvalue weighted by Gasteiger charge is -2.08. The van der Waals surface area contributed by atoms with Crippen molar-refractivity contribution >= 4 is 34.4 Å². The number of imidazole rings is 1. The van der Waals surface area contributed by atoms with E-state index in [2.05, 4.69) is 35.7 Å². The van der Waals surface area contributed by atoms with Crippen LogP contribution in [0.4, 0.5) is 19.0 Å². The van der Waals surface area contributed by atoms with Gasteiger partial charge in [-0.05, 0) is 18.2 Å². The van der Waals surface area contributed by atoms with Crippen LogP contribution in [0.3, 0.4) is 0 Å². The summed E-state index contributed by atoms with van der Waals surface area (Å²) >= 11 is 6.14. The van der Waals surface area contributed by atoms with Gasteiger partial charge in [-0.2, -0.15) is 13.2 Å². The number of nitrogens with zero attached hydrogens (tertiary/aromatic N) is 4. The first-order valence-corrected chi connectivity index (χ1v) is 9.80. The van der Waals surface area contributed by atoms with Crippen molar-refractivity contribution in [2.75, 3.05) is 18.5 Å². The maximum absolute atomic E-state index is 12.9. The molecule has 0 saturated carbocycles. The van der Waals surface area contributed by atoms with Crippen LogP contribution in [0.2, 0.25) is 5.02 Å². The van der Waals surface area contributed by atoms with Crippen LogP contribution >= 0.6 is 11.6 Å². The SMILES string of the molecule is O=C(NCc1cc(-c2nc3ccc(C(F)(F)F)cc3[nH]2)on1)c1ncnc(NCCO)c1Cl. The van der Waals surface area contributed by atoms with Gasteiger partial charge in [0.25, 0.3) is 5.91 Å². The zero-order valence-electron chi connectivity index (χ0n) is 16.6. The van der Waals surface area contributed by atoms with E-state index >= 15 is 0 Å². The fraction of sp³-hybridized carbons (Fsp3) is 0.211. The van der Waals surface area contributed by atoms with Crippen molar-refractivity contribution in [1.29, 1.82) is 0 Å². The Morgan fingerprint density at radius 3 is 2.82 bits per heavy atom. The van der Waals surface area contributed by atoms with Gasteiger partial charge >= 0.3 is 6.18 Å². The summed E-state index contributed by atoms with van der Waals surface area (Å²) < 4.78 is 43.9. The van der Waals surface area contributed by atoms with Crippen LogP contribution in [0.1, 0.15) is 21.7 Å². The minimum Gasteiger partial charge on any atom is -0.395 e. The highest BCUT2D eigenvalue weighted by molar-refractivity contribution is 6.35. The van der Waals surface area contributed by atoms with E-state index in [1.807, 2.05) is 0 Å². The van der Waals surface area contributed by atoms with E-state index in [1.54, 1.807) is 0 Å². The molecule has 0 atom stereocenters. The number of rotatable bonds is 7. The Balaban J connectivity index is 1.46. The van der Waals surface area contributed by atoms with Crippen LogP contribution < -0.4 is 10.6 Å². The fourth-order valence-electron chi connectivity index (χ4n) is 2.89. The van der Waals surface area contributed by atoms with E-state index in [1.165, 1.54) is 12.1 Å². The maximum atomic E-state index is 12.9. The highest BCUT2D eigenvalue weighted by Gasteiger charge is 2.30. The third kappa shape index (κ3) is 4.88. The number of nitrogens with one attached hydrogen (secondary N) is 3. The number of halogens is 4. The number of aromatic nitrogens is 5. The number of aliphatic hydroxyl groups excluding tert-OH is 1. The number of amides is 1. The number of aliphatic hydroxyl groups is 1. The fourth-order valence-corrected chi connectivity index (χ4v) is 3.14. The van der Waals surface area contributed by atoms with Crippen molar-refractivity contribution < 1.29 is 27.6 Å². The molecule has 1 amide bonds. The third-order valence-electron chi connectivity index (χ3n) is 4.44. The summed E-state index contributed by atoms with van der Waals surface area (Å²) in [6, 6.07) is 4.64. The molecule has 4 N–H and O–H groups in total. The van der Waals surface area contributed by atoms with Crippen molar-refractivity contribution in [2.24, 2.45) is 0 Å². The van der Waals surface area contributed by atoms with Gasteiger partial charge in [-0.3, -0.25) is 4.79 Å². The number of fused-ring (bicyclic) bond motifs is 1. The number of H-pyrrole nitrogens is 1. The molecule has 0 aliphatic rings. The molecule has 10 nitrogen and oxygen atoms in total. The van der Waals surface area contributed by atoms with Crippen LogP contribution in [0.15, 0.2) is 35.1 Å². The summed E-state index contributed by atoms with van der Waals surface area (Å²) in [6.45, 7) is 0.00437. The number of carbonyl (C=O) groups excluding carboxylic acids is 1. The number of carbonyl (C=O) groups is 1. The highest BCUT2D eigenvalue weighted by Crippen LogP contribution is 2.31. The Kier molecular flexibility index (Phi) is 6.16. The smallest absolute Gasteiger partial charge is 0.395 e. The van der Waals surface area contributed by atoms with Crippen LogP contribution in [0.25, 0.3) is 22.6 Å². The summed E-state index contributed by atoms with van der Waals surface area (Å²) in [5, 5.41) is 18.1. The molecule has 3 heterocycles. The first-order chi connectivity index (χ1) is 15.8. The van der Waals surface area contributed by atoms with Crippen molar-refractivity contribution in [3.8, 4) is 11.6 Å². The van der Waals surface area contributed by atoms with Gasteiger partial charge in [0.2, 0.25) is 5.76 Å². The van der Waals surface area contributed by atoms with Gasteiger partial charge in [0, 0.05) is 12.6 Å². The Morgan fingerprint density at radius 2 is 2.06 bits per heavy atom. The molecule has 0 spiro atoms. The van der Waals surface area contributed by atoms with Gasteiger partial charge in [0.05, 0.1) is 29.7 Å². The average Bonchev–Trinajstić information content (AvgIpc) is 3.42. The molecule has 172 valence electrons. The molecule has 0 aliphatic carbocycles. The zero-order valence-corrected chi connectivity index (χ0v) is 17.3. The summed E-state index contributed by atoms with van der Waals surface area (Å²) in [6.07, 6.45) is -3.32. The van der Waals surface area contributed by atoms with Crippen molar-refractivity contribution in [3.05, 3.63) is 52.6 Å². The second-order valence-electron chi connectivity index (χ2n) is 6.72. The van der Waals surface area contributed by atoms with E-state index in [0.717, 1.165) is 18.5 Å². The minimum absolute atomic E-state index is 0.00945. The largest absolute Gasteiger partial charge is 0.416 e. The Bertz CT molecular complexity index is 1310. The lowest BCUT2D eigenvalue weighted by Crippen LogP contribution is -2.25. The quantitative estimate of drug-likeness (QED) is 0.315. The maximum Gasteiger partial charge on any atom is 0.416 e. The van der Waals surface area contributed by atoms with Gasteiger partial charge in [-0.25, -0.2) is 15.0 Å². The minimum atomic E-state index is -4.47. The van der Waals surface area contributed by atoms with Crippen LogP contribution in [0.5, 0.6) is 0 Å². The number of alkyl halides is 3. The van der Waals surface area contributed by atoms with Crippen molar-refractivity contribution in [2.45, 2.75) is 12.7 Å². The van der Waals surface area contributed by atoms with Crippen molar-refractivity contribution in [3.63, 3.8) is 0 Å². The van der Waals surface area contributed by atoms with E-state index in [9.17, 15) is 18.0 Å². The lowest BCUT2D eigenvalue weighted by atomic mass is 10.2. The van der Waals surface area contributed by atoms with E-state index in [4.69, 9.17) is 21.2 Å². The molecule has 4 rings (SSSR count). The van der Waals surface area contributed by atoms with Gasteiger partial charge in [0.1, 0.15) is 22.9 Å². The number of hydrogen-bond acceptors (Lipinski definition) is 8. The molecule has 14 heteroatoms. The summed E-state index contributed by atoms with van der Waals surface area (Å²) in [5.74, 6) is -0.0250. The molecule has 4 aromatic rings. The van der Waals surface area contributed by atoms with Gasteiger partial charge in [0.15, 0.2) is 11.5 Å². The van der Waals surface area contributed by atoms with Crippen molar-refractivity contribution in [1.82, 2.24) is 30.4 Å². The lowest BCUT2D eigenvalue weighted by molar-refractivity contribution is -0.137. The topological polar surface area (TPSA) is 142 Å². The number of hydrogen-bond donors (Lipinski definition) is 4. The summed E-state index contributed by atoms with van der Waals surface area (Å²) in [4.78, 5) is 27.2. The Morgan fingerprint density at radius 1 is 1.24 bits per heavy atom. The third-order valence-corrected chi connectivity index (χ3v) is 4.80. The number of anilines is 1. The summed E-state index contributed by atoms with van der Waals surface area (Å²) in [5.41, 5.74) is -0.0280. The molecule has 0 aliphatic heterocycles. The molecule has 0 saturated heterocycles. The normalized spacial score (nSPS) is 11.7. The predicted octanol–water partition coefficient (Wildman–Crippen LogP) is 3.01. The molecule has 1 aromatic carbocycles. The number of aromatic amines is 1. The standard InChI is InChI=1S/C19H15ClF3N7O3/c20-14-15(26-8-27-17(14)24-3-4-31)18(32)25-7-10-6-13(33-30-10)16-28-11-2-1-9(19(21,22)23)5-12(11)29-16/h1-2,5-6,8,31H,3-4,7H2,(H,25,32)(H,28,29)(H,24,26,27). The zero-order chi connectivity index (χ0) is 23.6. The second kappa shape index (κ2) is 9.03. The summed E-state index contributed by atoms with van der Waals surface area (Å²) in [7, 11) is 0. The Hall–Kier alpha value is -3.71. The van der Waals surface area contributed by atoms with E-state index < -0.39 is 17.6 Å². The molecular formula is C19H15ClF3N7O3. The first kappa shape index (κ1) is 22.5. The highest BCUT2D eigenvalue weighted by atomic mass is 35.5. The molecule has 3 aromatic heterocycles. The van der Waals surface area contributed by atoms with Crippen LogP contribution in [-0.4, -0.2) is 49.3 Å². The molecule has 0 unspecified atom stereocenters. The molecular weight excluding hydrogens is 467 g/mol. The first-order valence-electron chi connectivity index (χ1n) is 9.42. The molecule has 0 bridgehead atoms. The van der Waals surface area contributed by atoms with Crippen LogP contribution in [-0.2, 0) is 12.7 Å². The second-order valence-corrected chi connectivity index (χ2v) is 7.09. The van der Waals surface area contributed by atoms with Gasteiger partial charge in [-0.15, -0.1) is 0 Å². The van der Waals surface area contributed by atoms with Gasteiger partial charge in [-0.1, -0.05) is 16.8 Å². The molecule has 0 radical (unpaired) electrons. The van der Waals surface area contributed by atoms with Crippen LogP contribution in [0, 0.1) is 0 Å². The van der Waals surface area contributed by atoms with Gasteiger partial charge < -0.3 is 25.2 Å². The van der Waals surface area contributed by atoms with E-state index in [0.29, 0.717) is 11.2 Å². The Labute approximate surface area is 188 Å². The predicted molar refractivity (Wildman–Crippen MR) is 110 cm³/mol. The average molecular weight is 482 g/mol. The number of benzene rings is 1. The van der Waals surface area contributed by atoms with E-state index in [-0.39, 0.29) is 53.3 Å². The molecule has 0 fully saturated rings.